The predicted octanol–water partition coefficient (Wildman–Crippen LogP) is 1.86. The summed E-state index contributed by atoms with van der Waals surface area (Å²) in [5, 5.41) is 32.4. The second kappa shape index (κ2) is 12.1. The fourth-order valence-electron chi connectivity index (χ4n) is 3.73. The van der Waals surface area contributed by atoms with E-state index in [1.54, 1.807) is 16.8 Å². The molecule has 2 unspecified atom stereocenters. The molecule has 0 saturated carbocycles. The Balaban J connectivity index is 1.44. The van der Waals surface area contributed by atoms with Crippen molar-refractivity contribution in [1.29, 1.82) is 0 Å². The van der Waals surface area contributed by atoms with Crippen molar-refractivity contribution in [2.45, 2.75) is 28.7 Å². The Morgan fingerprint density at radius 3 is 2.70 bits per heavy atom. The fraction of sp³-hybridized carbons (Fsp3) is 0.333. The zero-order valence-electron chi connectivity index (χ0n) is 19.8. The largest absolute Gasteiger partial charge is 0.593 e. The van der Waals surface area contributed by atoms with E-state index in [2.05, 4.69) is 15.7 Å². The number of alkyl halides is 3. The summed E-state index contributed by atoms with van der Waals surface area (Å²) in [5.41, 5.74) is 0.140. The van der Waals surface area contributed by atoms with Gasteiger partial charge in [-0.1, -0.05) is 17.8 Å². The van der Waals surface area contributed by atoms with E-state index < -0.39 is 54.0 Å². The van der Waals surface area contributed by atoms with Crippen molar-refractivity contribution in [2.75, 3.05) is 18.1 Å². The molecule has 214 valence electrons. The number of nitrogens with zero attached hydrogens (tertiary/aromatic N) is 3. The van der Waals surface area contributed by atoms with Crippen LogP contribution >= 0.6 is 46.5 Å². The average Bonchev–Trinajstić information content (AvgIpc) is 3.43. The number of nitrogens with one attached hydrogen (secondary N) is 3. The highest BCUT2D eigenvalue weighted by Gasteiger charge is 2.54. The zero-order chi connectivity index (χ0) is 29.2. The van der Waals surface area contributed by atoms with Crippen molar-refractivity contribution in [3.63, 3.8) is 0 Å². The predicted molar refractivity (Wildman–Crippen MR) is 138 cm³/mol. The van der Waals surface area contributed by atoms with Crippen LogP contribution < -0.4 is 20.8 Å². The van der Waals surface area contributed by atoms with Gasteiger partial charge in [0.25, 0.3) is 5.91 Å². The normalized spacial score (nSPS) is 19.4. The molecule has 0 radical (unpaired) electrons. The van der Waals surface area contributed by atoms with Gasteiger partial charge in [0.2, 0.25) is 5.91 Å². The molecule has 0 bridgehead atoms. The van der Waals surface area contributed by atoms with Gasteiger partial charge >= 0.3 is 23.3 Å². The van der Waals surface area contributed by atoms with E-state index in [-0.39, 0.29) is 32.2 Å². The zero-order valence-corrected chi connectivity index (χ0v) is 23.0. The first kappa shape index (κ1) is 29.8. The van der Waals surface area contributed by atoms with Crippen molar-refractivity contribution in [3.8, 4) is 0 Å². The lowest BCUT2D eigenvalue weighted by Crippen LogP contribution is -2.71. The maximum atomic E-state index is 13.1. The second-order valence-corrected chi connectivity index (χ2v) is 11.7. The van der Waals surface area contributed by atoms with Crippen molar-refractivity contribution >= 4 is 70.3 Å². The number of amides is 4. The molecule has 19 heteroatoms. The third-order valence-corrected chi connectivity index (χ3v) is 9.05. The molecular formula is C21H18ClF3N6O6S3. The molecule has 2 aromatic rings. The van der Waals surface area contributed by atoms with Crippen LogP contribution in [0.15, 0.2) is 45.9 Å². The Labute approximate surface area is 240 Å². The molecule has 3 atom stereocenters. The lowest BCUT2D eigenvalue weighted by molar-refractivity contribution is -0.670. The molecule has 4 heterocycles. The maximum Gasteiger partial charge on any atom is 0.405 e. The number of carboxylic acid groups (broad SMARTS) is 1. The summed E-state index contributed by atoms with van der Waals surface area (Å²) in [5.74, 6) is -2.63. The molecule has 4 amide bonds. The molecule has 2 aromatic heterocycles. The summed E-state index contributed by atoms with van der Waals surface area (Å²) >= 11 is 8.99. The number of urea groups is 1. The Morgan fingerprint density at radius 1 is 1.32 bits per heavy atom. The van der Waals surface area contributed by atoms with Gasteiger partial charge < -0.3 is 26.3 Å². The number of carboxylic acids is 1. The highest BCUT2D eigenvalue weighted by Crippen LogP contribution is 2.41. The third-order valence-electron chi connectivity index (χ3n) is 5.49. The Morgan fingerprint density at radius 2 is 2.08 bits per heavy atom. The van der Waals surface area contributed by atoms with Crippen molar-refractivity contribution in [3.05, 3.63) is 56.2 Å². The van der Waals surface area contributed by atoms with E-state index in [4.69, 9.17) is 11.6 Å². The molecule has 40 heavy (non-hydrogen) atoms. The number of hydrogen-bond acceptors (Lipinski definition) is 9. The number of carbonyl (C=O) groups excluding carboxylic acids is 3. The molecule has 1 saturated heterocycles. The van der Waals surface area contributed by atoms with Crippen LogP contribution in [0.5, 0.6) is 0 Å². The summed E-state index contributed by atoms with van der Waals surface area (Å²) in [4.78, 5) is 51.7. The number of hydrogen-bond donors (Lipinski definition) is 4. The topological polar surface area (TPSA) is 168 Å². The lowest BCUT2D eigenvalue weighted by atomic mass is 10.0. The van der Waals surface area contributed by atoms with Gasteiger partial charge in [-0.15, -0.1) is 23.1 Å². The van der Waals surface area contributed by atoms with Crippen LogP contribution in [0.2, 0.25) is 5.15 Å². The van der Waals surface area contributed by atoms with Crippen LogP contribution in [0, 0.1) is 5.21 Å². The standard InChI is InChI=1S/C21H18ClF3N6O6S3/c22-11-3-4-12(29-31(11)37)39-6-9-7-40-18-14(17(33)30(18)15(9)19(34)35)27-16(32)13(10-2-1-5-38-10)28-20(36)26-8-21(23,24)25/h1-5,13-14,18H,6-8H2,(H,27,32)(H,34,35)(H2,26,28,36)/t13?,14-,18?/m1/s1. The number of halogens is 4. The number of thioether (sulfide) groups is 2. The third kappa shape index (κ3) is 6.73. The monoisotopic (exact) mass is 638 g/mol. The number of thiophene rings is 1. The average molecular weight is 639 g/mol. The molecule has 2 aliphatic rings. The smallest absolute Gasteiger partial charge is 0.405 e. The van der Waals surface area contributed by atoms with Gasteiger partial charge in [-0.05, 0) is 39.5 Å². The van der Waals surface area contributed by atoms with Gasteiger partial charge in [0.15, 0.2) is 5.03 Å². The SMILES string of the molecule is O=C(NCC(F)(F)F)NC(C(=O)N[C@@H]1C(=O)N2C(C(=O)O)=C(CSc3ccc(Cl)[n+]([O-])n3)CSC12)c1cccs1. The van der Waals surface area contributed by atoms with Crippen molar-refractivity contribution in [2.24, 2.45) is 0 Å². The highest BCUT2D eigenvalue weighted by atomic mass is 35.5. The van der Waals surface area contributed by atoms with E-state index in [9.17, 15) is 42.7 Å². The Kier molecular flexibility index (Phi) is 9.01. The van der Waals surface area contributed by atoms with Crippen LogP contribution in [0.4, 0.5) is 18.0 Å². The number of aromatic nitrogens is 2. The number of carbonyl (C=O) groups is 4. The number of aliphatic carboxylic acids is 1. The van der Waals surface area contributed by atoms with Gasteiger partial charge in [0, 0.05) is 27.5 Å². The van der Waals surface area contributed by atoms with Gasteiger partial charge in [-0.3, -0.25) is 14.5 Å². The lowest BCUT2D eigenvalue weighted by Gasteiger charge is -2.49. The van der Waals surface area contributed by atoms with Gasteiger partial charge in [-0.2, -0.15) is 13.2 Å². The van der Waals surface area contributed by atoms with Crippen LogP contribution in [0.3, 0.4) is 0 Å². The van der Waals surface area contributed by atoms with E-state index in [0.717, 1.165) is 28.0 Å². The van der Waals surface area contributed by atoms with Gasteiger partial charge in [0.05, 0.1) is 0 Å². The first-order valence-electron chi connectivity index (χ1n) is 11.1. The van der Waals surface area contributed by atoms with Gasteiger partial charge in [0.1, 0.15) is 29.7 Å². The van der Waals surface area contributed by atoms with Crippen LogP contribution in [-0.2, 0) is 14.4 Å². The van der Waals surface area contributed by atoms with E-state index in [0.29, 0.717) is 10.5 Å². The number of fused-ring (bicyclic) bond motifs is 1. The molecule has 1 fully saturated rings. The Bertz CT molecular complexity index is 1360. The van der Waals surface area contributed by atoms with E-state index in [1.807, 2.05) is 0 Å². The number of β-lactam (4-membered cyclic amide) rings is 1. The van der Waals surface area contributed by atoms with E-state index in [1.165, 1.54) is 30.0 Å². The molecule has 0 spiro atoms. The maximum absolute atomic E-state index is 13.1. The molecule has 12 nitrogen and oxygen atoms in total. The minimum Gasteiger partial charge on any atom is -0.593 e. The summed E-state index contributed by atoms with van der Waals surface area (Å²) in [6.07, 6.45) is -4.66. The van der Waals surface area contributed by atoms with Gasteiger partial charge in [-0.25, -0.2) is 9.59 Å². The van der Waals surface area contributed by atoms with Crippen molar-refractivity contribution in [1.82, 2.24) is 25.9 Å². The van der Waals surface area contributed by atoms with Crippen molar-refractivity contribution < 1.29 is 42.3 Å². The molecular weight excluding hydrogens is 621 g/mol. The first-order valence-corrected chi connectivity index (χ1v) is 14.4. The molecule has 4 N–H and O–H groups in total. The summed E-state index contributed by atoms with van der Waals surface area (Å²) in [6.45, 7) is -1.61. The first-order chi connectivity index (χ1) is 18.9. The Hall–Kier alpha value is -3.22. The highest BCUT2D eigenvalue weighted by molar-refractivity contribution is 8.01. The minimum atomic E-state index is -4.66. The molecule has 0 aliphatic carbocycles. The summed E-state index contributed by atoms with van der Waals surface area (Å²) in [6, 6.07) is 2.11. The van der Waals surface area contributed by atoms with Crippen LogP contribution in [-0.4, -0.2) is 74.6 Å². The molecule has 0 aromatic carbocycles. The summed E-state index contributed by atoms with van der Waals surface area (Å²) in [7, 11) is 0. The molecule has 4 rings (SSSR count). The summed E-state index contributed by atoms with van der Waals surface area (Å²) < 4.78 is 37.4. The van der Waals surface area contributed by atoms with E-state index >= 15 is 0 Å². The van der Waals surface area contributed by atoms with Crippen LogP contribution in [0.1, 0.15) is 10.9 Å². The number of rotatable bonds is 9. The minimum absolute atomic E-state index is 0.105. The quantitative estimate of drug-likeness (QED) is 0.139. The van der Waals surface area contributed by atoms with Crippen LogP contribution in [0.25, 0.3) is 0 Å². The molecule has 2 aliphatic heterocycles. The second-order valence-electron chi connectivity index (χ2n) is 8.20. The fourth-order valence-corrected chi connectivity index (χ4v) is 6.93.